The van der Waals surface area contributed by atoms with Gasteiger partial charge in [0.05, 0.1) is 33.0 Å². The Labute approximate surface area is 200 Å². The molecule has 3 aromatic rings. The number of amides is 1. The second kappa shape index (κ2) is 10.3. The van der Waals surface area contributed by atoms with Gasteiger partial charge in [0.1, 0.15) is 17.1 Å². The molecule has 0 saturated carbocycles. The highest BCUT2D eigenvalue weighted by Crippen LogP contribution is 2.42. The monoisotopic (exact) mass is 461 g/mol. The Morgan fingerprint density at radius 2 is 1.38 bits per heavy atom. The summed E-state index contributed by atoms with van der Waals surface area (Å²) in [6, 6.07) is 25.5. The molecule has 6 nitrogen and oxygen atoms in total. The summed E-state index contributed by atoms with van der Waals surface area (Å²) < 4.78 is 17.6. The van der Waals surface area contributed by atoms with Crippen molar-refractivity contribution >= 4 is 5.91 Å². The summed E-state index contributed by atoms with van der Waals surface area (Å²) in [5.41, 5.74) is 1.86. The fraction of sp³-hybridized carbons (Fsp3) is 0.321. The highest BCUT2D eigenvalue weighted by molar-refractivity contribution is 5.74. The minimum Gasteiger partial charge on any atom is -0.497 e. The third-order valence-electron chi connectivity index (χ3n) is 6.46. The Morgan fingerprint density at radius 1 is 0.882 bits per heavy atom. The van der Waals surface area contributed by atoms with Crippen molar-refractivity contribution in [3.05, 3.63) is 95.6 Å². The largest absolute Gasteiger partial charge is 0.497 e. The summed E-state index contributed by atoms with van der Waals surface area (Å²) in [5, 5.41) is 10.2. The SMILES string of the molecule is COc1ccc(C(OCC2C[C@@H](O)CN2C(C)=O)(c2ccccc2)c2ccc(OC)cc2)cc1. The van der Waals surface area contributed by atoms with Gasteiger partial charge in [0, 0.05) is 13.5 Å². The van der Waals surface area contributed by atoms with Crippen molar-refractivity contribution < 1.29 is 24.1 Å². The van der Waals surface area contributed by atoms with Crippen LogP contribution in [-0.4, -0.2) is 55.4 Å². The third kappa shape index (κ3) is 4.65. The molecule has 1 amide bonds. The molecular formula is C28H31NO5. The first-order valence-corrected chi connectivity index (χ1v) is 11.4. The Hall–Kier alpha value is -3.35. The lowest BCUT2D eigenvalue weighted by molar-refractivity contribution is -0.132. The zero-order valence-corrected chi connectivity index (χ0v) is 19.8. The minimum absolute atomic E-state index is 0.0654. The van der Waals surface area contributed by atoms with Gasteiger partial charge < -0.3 is 24.2 Å². The smallest absolute Gasteiger partial charge is 0.219 e. The number of hydrogen-bond donors (Lipinski definition) is 1. The quantitative estimate of drug-likeness (QED) is 0.514. The fourth-order valence-electron chi connectivity index (χ4n) is 4.73. The molecule has 4 rings (SSSR count). The van der Waals surface area contributed by atoms with E-state index in [2.05, 4.69) is 0 Å². The van der Waals surface area contributed by atoms with Crippen LogP contribution in [0.2, 0.25) is 0 Å². The molecule has 1 N–H and O–H groups in total. The van der Waals surface area contributed by atoms with Crippen LogP contribution in [0, 0.1) is 0 Å². The Morgan fingerprint density at radius 3 is 1.85 bits per heavy atom. The topological polar surface area (TPSA) is 68.2 Å². The van der Waals surface area contributed by atoms with Gasteiger partial charge in [-0.1, -0.05) is 54.6 Å². The lowest BCUT2D eigenvalue weighted by Crippen LogP contribution is -2.41. The number of aliphatic hydroxyl groups excluding tert-OH is 1. The first-order chi connectivity index (χ1) is 16.5. The number of nitrogens with zero attached hydrogens (tertiary/aromatic N) is 1. The Kier molecular flexibility index (Phi) is 7.20. The van der Waals surface area contributed by atoms with E-state index in [1.807, 2.05) is 78.9 Å². The number of hydrogen-bond acceptors (Lipinski definition) is 5. The van der Waals surface area contributed by atoms with Gasteiger partial charge in [-0.25, -0.2) is 0 Å². The molecular weight excluding hydrogens is 430 g/mol. The number of rotatable bonds is 8. The van der Waals surface area contributed by atoms with Crippen LogP contribution in [0.25, 0.3) is 0 Å². The second-order valence-corrected chi connectivity index (χ2v) is 8.53. The van der Waals surface area contributed by atoms with Gasteiger partial charge in [-0.15, -0.1) is 0 Å². The van der Waals surface area contributed by atoms with Crippen LogP contribution in [0.5, 0.6) is 11.5 Å². The van der Waals surface area contributed by atoms with Crippen molar-refractivity contribution in [1.82, 2.24) is 4.90 Å². The van der Waals surface area contributed by atoms with E-state index < -0.39 is 11.7 Å². The molecule has 1 unspecified atom stereocenters. The standard InChI is InChI=1S/C28H31NO5/c1-20(30)29-18-25(31)17-24(29)19-34-28(21-7-5-4-6-8-21,22-9-13-26(32-2)14-10-22)23-11-15-27(33-3)16-12-23/h4-16,24-25,31H,17-19H2,1-3H3/t24?,25-/m1/s1. The van der Waals surface area contributed by atoms with Gasteiger partial charge in [-0.2, -0.15) is 0 Å². The van der Waals surface area contributed by atoms with Crippen molar-refractivity contribution in [3.8, 4) is 11.5 Å². The molecule has 1 heterocycles. The third-order valence-corrected chi connectivity index (χ3v) is 6.46. The van der Waals surface area contributed by atoms with Crippen LogP contribution in [0.3, 0.4) is 0 Å². The van der Waals surface area contributed by atoms with Crippen LogP contribution in [0.15, 0.2) is 78.9 Å². The number of ether oxygens (including phenoxy) is 3. The number of carbonyl (C=O) groups excluding carboxylic acids is 1. The number of benzene rings is 3. The molecule has 178 valence electrons. The Bertz CT molecular complexity index is 1030. The van der Waals surface area contributed by atoms with Gasteiger partial charge in [0.2, 0.25) is 5.91 Å². The van der Waals surface area contributed by atoms with Crippen LogP contribution in [0.1, 0.15) is 30.0 Å². The maximum Gasteiger partial charge on any atom is 0.219 e. The predicted octanol–water partition coefficient (Wildman–Crippen LogP) is 3.99. The van der Waals surface area contributed by atoms with E-state index in [-0.39, 0.29) is 18.6 Å². The van der Waals surface area contributed by atoms with Gasteiger partial charge in [-0.05, 0) is 47.4 Å². The normalized spacial score (nSPS) is 18.1. The molecule has 0 radical (unpaired) electrons. The molecule has 3 aromatic carbocycles. The van der Waals surface area contributed by atoms with E-state index in [1.54, 1.807) is 19.1 Å². The van der Waals surface area contributed by atoms with Gasteiger partial charge >= 0.3 is 0 Å². The maximum atomic E-state index is 12.2. The van der Waals surface area contributed by atoms with E-state index >= 15 is 0 Å². The average molecular weight is 462 g/mol. The van der Waals surface area contributed by atoms with E-state index in [4.69, 9.17) is 14.2 Å². The molecule has 1 saturated heterocycles. The molecule has 34 heavy (non-hydrogen) atoms. The summed E-state index contributed by atoms with van der Waals surface area (Å²) in [6.45, 7) is 2.12. The van der Waals surface area contributed by atoms with Crippen LogP contribution in [-0.2, 0) is 15.1 Å². The number of carbonyl (C=O) groups is 1. The maximum absolute atomic E-state index is 12.2. The summed E-state index contributed by atoms with van der Waals surface area (Å²) in [4.78, 5) is 13.9. The predicted molar refractivity (Wildman–Crippen MR) is 130 cm³/mol. The molecule has 0 aromatic heterocycles. The van der Waals surface area contributed by atoms with E-state index in [0.29, 0.717) is 13.0 Å². The second-order valence-electron chi connectivity index (χ2n) is 8.53. The zero-order chi connectivity index (χ0) is 24.1. The van der Waals surface area contributed by atoms with Crippen molar-refractivity contribution in [2.45, 2.75) is 31.1 Å². The number of aliphatic hydroxyl groups is 1. The number of methoxy groups -OCH3 is 2. The minimum atomic E-state index is -0.949. The summed E-state index contributed by atoms with van der Waals surface area (Å²) in [6.07, 6.45) is -0.0686. The summed E-state index contributed by atoms with van der Waals surface area (Å²) in [7, 11) is 3.28. The molecule has 1 aliphatic rings. The van der Waals surface area contributed by atoms with Crippen molar-refractivity contribution in [3.63, 3.8) is 0 Å². The molecule has 1 fully saturated rings. The van der Waals surface area contributed by atoms with Crippen molar-refractivity contribution in [2.24, 2.45) is 0 Å². The van der Waals surface area contributed by atoms with Crippen molar-refractivity contribution in [2.75, 3.05) is 27.4 Å². The van der Waals surface area contributed by atoms with E-state index in [0.717, 1.165) is 28.2 Å². The molecule has 1 aliphatic heterocycles. The van der Waals surface area contributed by atoms with Crippen LogP contribution in [0.4, 0.5) is 0 Å². The van der Waals surface area contributed by atoms with E-state index in [1.165, 1.54) is 6.92 Å². The molecule has 0 spiro atoms. The van der Waals surface area contributed by atoms with Gasteiger partial charge in [0.25, 0.3) is 0 Å². The van der Waals surface area contributed by atoms with Gasteiger partial charge in [-0.3, -0.25) is 4.79 Å². The number of likely N-dealkylation sites (tertiary alicyclic amines) is 1. The highest BCUT2D eigenvalue weighted by Gasteiger charge is 2.41. The average Bonchev–Trinajstić information content (AvgIpc) is 3.26. The number of β-amino-alcohol motifs (C(OH)–C–C–N with tert-alkyl or cyclic N) is 1. The fourth-order valence-corrected chi connectivity index (χ4v) is 4.73. The highest BCUT2D eigenvalue weighted by atomic mass is 16.5. The Balaban J connectivity index is 1.84. The first kappa shape index (κ1) is 23.8. The molecule has 0 bridgehead atoms. The zero-order valence-electron chi connectivity index (χ0n) is 19.8. The van der Waals surface area contributed by atoms with Crippen molar-refractivity contribution in [1.29, 1.82) is 0 Å². The first-order valence-electron chi connectivity index (χ1n) is 11.4. The molecule has 6 heteroatoms. The van der Waals surface area contributed by atoms with Gasteiger partial charge in [0.15, 0.2) is 0 Å². The van der Waals surface area contributed by atoms with E-state index in [9.17, 15) is 9.90 Å². The lowest BCUT2D eigenvalue weighted by Gasteiger charge is -2.37. The molecule has 2 atom stereocenters. The van der Waals surface area contributed by atoms with Crippen LogP contribution >= 0.6 is 0 Å². The summed E-state index contributed by atoms with van der Waals surface area (Å²) in [5.74, 6) is 1.44. The summed E-state index contributed by atoms with van der Waals surface area (Å²) >= 11 is 0. The molecule has 0 aliphatic carbocycles. The lowest BCUT2D eigenvalue weighted by atomic mass is 9.80. The van der Waals surface area contributed by atoms with Crippen LogP contribution < -0.4 is 9.47 Å².